The molecule has 1 unspecified atom stereocenters. The summed E-state index contributed by atoms with van der Waals surface area (Å²) in [6.07, 6.45) is 9.43. The zero-order valence-corrected chi connectivity index (χ0v) is 11.7. The van der Waals surface area contributed by atoms with E-state index in [9.17, 15) is 5.11 Å². The first-order chi connectivity index (χ1) is 9.38. The van der Waals surface area contributed by atoms with Crippen LogP contribution in [0.15, 0.2) is 6.20 Å². The van der Waals surface area contributed by atoms with Crippen molar-refractivity contribution in [2.75, 3.05) is 26.2 Å². The first-order valence-corrected chi connectivity index (χ1v) is 7.76. The summed E-state index contributed by atoms with van der Waals surface area (Å²) < 4.78 is 2.36. The third-order valence-corrected chi connectivity index (χ3v) is 4.64. The van der Waals surface area contributed by atoms with Crippen LogP contribution in [0.25, 0.3) is 0 Å². The zero-order chi connectivity index (χ0) is 13.1. The molecule has 1 atom stereocenters. The van der Waals surface area contributed by atoms with Gasteiger partial charge in [0.05, 0.1) is 6.61 Å². The van der Waals surface area contributed by atoms with E-state index in [0.29, 0.717) is 5.92 Å². The first kappa shape index (κ1) is 13.1. The second-order valence-electron chi connectivity index (χ2n) is 5.92. The van der Waals surface area contributed by atoms with E-state index in [0.717, 1.165) is 25.9 Å². The van der Waals surface area contributed by atoms with Gasteiger partial charge in [-0.3, -0.25) is 0 Å². The Morgan fingerprint density at radius 2 is 2.00 bits per heavy atom. The molecule has 3 rings (SSSR count). The van der Waals surface area contributed by atoms with Gasteiger partial charge in [-0.15, -0.1) is 0 Å². The largest absolute Gasteiger partial charge is 0.396 e. The topological polar surface area (TPSA) is 41.3 Å². The van der Waals surface area contributed by atoms with Crippen LogP contribution in [0.3, 0.4) is 0 Å². The molecular formula is C15H25N3O. The smallest absolute Gasteiger partial charge is 0.110 e. The van der Waals surface area contributed by atoms with Crippen molar-refractivity contribution in [1.82, 2.24) is 14.5 Å². The minimum atomic E-state index is 0.261. The van der Waals surface area contributed by atoms with E-state index < -0.39 is 0 Å². The molecule has 2 aliphatic heterocycles. The molecule has 0 saturated carbocycles. The molecule has 3 heterocycles. The molecule has 1 aromatic rings. The van der Waals surface area contributed by atoms with Crippen LogP contribution in [-0.4, -0.2) is 45.8 Å². The molecule has 1 N–H and O–H groups in total. The van der Waals surface area contributed by atoms with E-state index in [1.165, 1.54) is 50.3 Å². The van der Waals surface area contributed by atoms with Gasteiger partial charge in [0.2, 0.25) is 0 Å². The van der Waals surface area contributed by atoms with Gasteiger partial charge in [-0.05, 0) is 38.8 Å². The van der Waals surface area contributed by atoms with Crippen LogP contribution >= 0.6 is 0 Å². The van der Waals surface area contributed by atoms with Crippen LogP contribution < -0.4 is 0 Å². The Bertz CT molecular complexity index is 410. The first-order valence-electron chi connectivity index (χ1n) is 7.76. The maximum absolute atomic E-state index is 9.43. The normalized spacial score (nSPS) is 24.4. The summed E-state index contributed by atoms with van der Waals surface area (Å²) in [6, 6.07) is 0. The second-order valence-corrected chi connectivity index (χ2v) is 5.92. The lowest BCUT2D eigenvalue weighted by molar-refractivity contribution is 0.226. The van der Waals surface area contributed by atoms with Gasteiger partial charge in [-0.1, -0.05) is 6.42 Å². The molecule has 4 nitrogen and oxygen atoms in total. The van der Waals surface area contributed by atoms with Gasteiger partial charge >= 0.3 is 0 Å². The standard InChI is InChI=1S/C15H25N3O/c19-12-13-5-4-9-18-14(13)11-16-15(18)6-10-17-7-2-1-3-8-17/h11,13,19H,1-10,12H2. The Balaban J connectivity index is 1.63. The number of likely N-dealkylation sites (tertiary alicyclic amines) is 1. The predicted molar refractivity (Wildman–Crippen MR) is 75.3 cm³/mol. The molecule has 4 heteroatoms. The van der Waals surface area contributed by atoms with Crippen LogP contribution in [0.1, 0.15) is 49.5 Å². The Labute approximate surface area is 115 Å². The average molecular weight is 263 g/mol. The van der Waals surface area contributed by atoms with E-state index in [4.69, 9.17) is 0 Å². The van der Waals surface area contributed by atoms with Crippen molar-refractivity contribution in [2.24, 2.45) is 0 Å². The number of fused-ring (bicyclic) bond motifs is 1. The quantitative estimate of drug-likeness (QED) is 0.900. The highest BCUT2D eigenvalue weighted by Crippen LogP contribution is 2.27. The average Bonchev–Trinajstić information content (AvgIpc) is 2.89. The van der Waals surface area contributed by atoms with Crippen molar-refractivity contribution in [3.63, 3.8) is 0 Å². The van der Waals surface area contributed by atoms with Crippen LogP contribution in [0.2, 0.25) is 0 Å². The van der Waals surface area contributed by atoms with Gasteiger partial charge in [0.15, 0.2) is 0 Å². The number of aromatic nitrogens is 2. The number of aliphatic hydroxyl groups excluding tert-OH is 1. The van der Waals surface area contributed by atoms with E-state index in [-0.39, 0.29) is 6.61 Å². The molecule has 106 valence electrons. The highest BCUT2D eigenvalue weighted by atomic mass is 16.3. The van der Waals surface area contributed by atoms with Crippen molar-refractivity contribution in [3.8, 4) is 0 Å². The van der Waals surface area contributed by atoms with E-state index in [1.54, 1.807) is 0 Å². The summed E-state index contributed by atoms with van der Waals surface area (Å²) in [5.41, 5.74) is 1.25. The minimum Gasteiger partial charge on any atom is -0.396 e. The monoisotopic (exact) mass is 263 g/mol. The molecule has 1 fully saturated rings. The third-order valence-electron chi connectivity index (χ3n) is 4.64. The fraction of sp³-hybridized carbons (Fsp3) is 0.800. The van der Waals surface area contributed by atoms with Gasteiger partial charge in [-0.25, -0.2) is 4.98 Å². The van der Waals surface area contributed by atoms with E-state index in [2.05, 4.69) is 14.5 Å². The molecule has 2 aliphatic rings. The maximum Gasteiger partial charge on any atom is 0.110 e. The number of hydrogen-bond acceptors (Lipinski definition) is 3. The Morgan fingerprint density at radius 3 is 2.79 bits per heavy atom. The number of nitrogens with zero attached hydrogens (tertiary/aromatic N) is 3. The summed E-state index contributed by atoms with van der Waals surface area (Å²) in [7, 11) is 0. The lowest BCUT2D eigenvalue weighted by Crippen LogP contribution is -2.32. The van der Waals surface area contributed by atoms with E-state index >= 15 is 0 Å². The van der Waals surface area contributed by atoms with Crippen molar-refractivity contribution in [3.05, 3.63) is 17.7 Å². The van der Waals surface area contributed by atoms with Crippen LogP contribution in [0.4, 0.5) is 0 Å². The molecule has 0 aliphatic carbocycles. The summed E-state index contributed by atoms with van der Waals surface area (Å²) >= 11 is 0. The third kappa shape index (κ3) is 2.84. The molecule has 1 saturated heterocycles. The van der Waals surface area contributed by atoms with Crippen LogP contribution in [-0.2, 0) is 13.0 Å². The highest BCUT2D eigenvalue weighted by molar-refractivity contribution is 5.14. The molecule has 0 bridgehead atoms. The number of aliphatic hydroxyl groups is 1. The predicted octanol–water partition coefficient (Wildman–Crippen LogP) is 1.78. The van der Waals surface area contributed by atoms with Crippen molar-refractivity contribution in [2.45, 2.75) is 51.0 Å². The fourth-order valence-corrected chi connectivity index (χ4v) is 3.48. The van der Waals surface area contributed by atoms with Crippen molar-refractivity contribution >= 4 is 0 Å². The van der Waals surface area contributed by atoms with Crippen LogP contribution in [0.5, 0.6) is 0 Å². The lowest BCUT2D eigenvalue weighted by Gasteiger charge is -2.27. The molecule has 1 aromatic heterocycles. The van der Waals surface area contributed by atoms with Crippen molar-refractivity contribution in [1.29, 1.82) is 0 Å². The summed E-state index contributed by atoms with van der Waals surface area (Å²) in [5.74, 6) is 1.53. The van der Waals surface area contributed by atoms with Gasteiger partial charge in [0.1, 0.15) is 5.82 Å². The Hall–Kier alpha value is -0.870. The highest BCUT2D eigenvalue weighted by Gasteiger charge is 2.22. The number of rotatable bonds is 4. The van der Waals surface area contributed by atoms with E-state index in [1.807, 2.05) is 6.20 Å². The molecule has 0 aromatic carbocycles. The zero-order valence-electron chi connectivity index (χ0n) is 11.7. The number of imidazole rings is 1. The fourth-order valence-electron chi connectivity index (χ4n) is 3.48. The summed E-state index contributed by atoms with van der Waals surface area (Å²) in [4.78, 5) is 7.17. The Morgan fingerprint density at radius 1 is 1.16 bits per heavy atom. The van der Waals surface area contributed by atoms with Gasteiger partial charge in [0.25, 0.3) is 0 Å². The SMILES string of the molecule is OCC1CCCn2c1cnc2CCN1CCCCC1. The summed E-state index contributed by atoms with van der Waals surface area (Å²) in [6.45, 7) is 5.00. The minimum absolute atomic E-state index is 0.261. The number of piperidine rings is 1. The molecular weight excluding hydrogens is 238 g/mol. The Kier molecular flexibility index (Phi) is 4.18. The molecule has 0 radical (unpaired) electrons. The molecule has 19 heavy (non-hydrogen) atoms. The maximum atomic E-state index is 9.43. The van der Waals surface area contributed by atoms with Gasteiger partial charge in [0, 0.05) is 37.3 Å². The van der Waals surface area contributed by atoms with Gasteiger partial charge < -0.3 is 14.6 Å². The van der Waals surface area contributed by atoms with Gasteiger partial charge in [-0.2, -0.15) is 0 Å². The molecule has 0 amide bonds. The second kappa shape index (κ2) is 6.06. The molecule has 0 spiro atoms. The van der Waals surface area contributed by atoms with Crippen molar-refractivity contribution < 1.29 is 5.11 Å². The number of hydrogen-bond donors (Lipinski definition) is 1. The lowest BCUT2D eigenvalue weighted by atomic mass is 9.97. The van der Waals surface area contributed by atoms with Crippen LogP contribution in [0, 0.1) is 0 Å². The summed E-state index contributed by atoms with van der Waals surface area (Å²) in [5, 5.41) is 9.43.